The van der Waals surface area contributed by atoms with Crippen LogP contribution in [0.2, 0.25) is 0 Å². The standard InChI is InChI=1S/C34H32N2.5C2H6/c1-3-35(33-21-13-11-19-31(33)27-15-7-5-8-16-27)29-23-25-30(26-24-29)36(4-2)34-22-14-12-20-32(34)28-17-9-6-10-18-28;5*1-2/h5-26H,3-4H2,1-2H3;5*1-2H3. The molecule has 0 bridgehead atoms. The van der Waals surface area contributed by atoms with E-state index in [1.54, 1.807) is 0 Å². The first-order valence-electron chi connectivity index (χ1n) is 17.7. The van der Waals surface area contributed by atoms with Crippen LogP contribution >= 0.6 is 0 Å². The zero-order valence-corrected chi connectivity index (χ0v) is 31.0. The van der Waals surface area contributed by atoms with E-state index >= 15 is 0 Å². The first kappa shape index (κ1) is 41.7. The van der Waals surface area contributed by atoms with Crippen LogP contribution in [-0.4, -0.2) is 13.1 Å². The molecule has 5 rings (SSSR count). The normalized spacial score (nSPS) is 9.04. The van der Waals surface area contributed by atoms with Crippen LogP contribution in [0.4, 0.5) is 22.7 Å². The van der Waals surface area contributed by atoms with Crippen molar-refractivity contribution in [1.29, 1.82) is 0 Å². The number of benzene rings is 5. The lowest BCUT2D eigenvalue weighted by Crippen LogP contribution is -2.19. The predicted octanol–water partition coefficient (Wildman–Crippen LogP) is 14.5. The van der Waals surface area contributed by atoms with E-state index in [-0.39, 0.29) is 0 Å². The number of hydrogen-bond acceptors (Lipinski definition) is 2. The maximum absolute atomic E-state index is 2.39. The summed E-state index contributed by atoms with van der Waals surface area (Å²) in [6.07, 6.45) is 0. The molecular weight excluding hydrogens is 556 g/mol. The van der Waals surface area contributed by atoms with Gasteiger partial charge in [0.25, 0.3) is 0 Å². The predicted molar refractivity (Wildman–Crippen MR) is 212 cm³/mol. The van der Waals surface area contributed by atoms with Gasteiger partial charge in [0, 0.05) is 47.0 Å². The maximum Gasteiger partial charge on any atom is 0.0490 e. The Kier molecular flexibility index (Phi) is 23.5. The van der Waals surface area contributed by atoms with Crippen LogP contribution in [0.15, 0.2) is 133 Å². The number of hydrogen-bond donors (Lipinski definition) is 0. The molecule has 2 nitrogen and oxygen atoms in total. The highest BCUT2D eigenvalue weighted by molar-refractivity contribution is 5.84. The Morgan fingerprint density at radius 3 is 0.870 bits per heavy atom. The molecule has 0 aliphatic heterocycles. The van der Waals surface area contributed by atoms with Crippen LogP contribution in [0.5, 0.6) is 0 Å². The molecule has 46 heavy (non-hydrogen) atoms. The molecule has 0 aliphatic rings. The first-order chi connectivity index (χ1) is 22.8. The Hall–Kier alpha value is -4.30. The fourth-order valence-corrected chi connectivity index (χ4v) is 4.94. The highest BCUT2D eigenvalue weighted by Gasteiger charge is 2.16. The van der Waals surface area contributed by atoms with Crippen molar-refractivity contribution in [2.45, 2.75) is 83.1 Å². The van der Waals surface area contributed by atoms with Crippen LogP contribution in [0.25, 0.3) is 22.3 Å². The highest BCUT2D eigenvalue weighted by Crippen LogP contribution is 2.38. The van der Waals surface area contributed by atoms with E-state index in [2.05, 4.69) is 157 Å². The van der Waals surface area contributed by atoms with Crippen LogP contribution in [0.1, 0.15) is 83.1 Å². The Bertz CT molecular complexity index is 1280. The Morgan fingerprint density at radius 1 is 0.326 bits per heavy atom. The minimum atomic E-state index is 0.886. The maximum atomic E-state index is 2.39. The molecule has 0 N–H and O–H groups in total. The average molecular weight is 619 g/mol. The van der Waals surface area contributed by atoms with Crippen LogP contribution in [0, 0.1) is 0 Å². The minimum absolute atomic E-state index is 0.886. The van der Waals surface area contributed by atoms with E-state index in [9.17, 15) is 0 Å². The number of para-hydroxylation sites is 2. The summed E-state index contributed by atoms with van der Waals surface area (Å²) >= 11 is 0. The van der Waals surface area contributed by atoms with Crippen molar-refractivity contribution in [2.75, 3.05) is 22.9 Å². The van der Waals surface area contributed by atoms with Gasteiger partial charge in [0.15, 0.2) is 0 Å². The van der Waals surface area contributed by atoms with Gasteiger partial charge in [0.05, 0.1) is 0 Å². The number of anilines is 4. The molecule has 0 aliphatic carbocycles. The third-order valence-electron chi connectivity index (χ3n) is 6.66. The third-order valence-corrected chi connectivity index (χ3v) is 6.66. The zero-order valence-electron chi connectivity index (χ0n) is 31.0. The SMILES string of the molecule is CC.CC.CC.CC.CC.CCN(c1ccc(N(CC)c2ccccc2-c2ccccc2)cc1)c1ccccc1-c1ccccc1. The molecule has 0 atom stereocenters. The van der Waals surface area contributed by atoms with Crippen LogP contribution < -0.4 is 9.80 Å². The first-order valence-corrected chi connectivity index (χ1v) is 17.7. The fourth-order valence-electron chi connectivity index (χ4n) is 4.94. The van der Waals surface area contributed by atoms with Gasteiger partial charge >= 0.3 is 0 Å². The molecule has 5 aromatic carbocycles. The molecule has 0 unspecified atom stereocenters. The van der Waals surface area contributed by atoms with E-state index in [1.807, 2.05) is 69.2 Å². The Morgan fingerprint density at radius 2 is 0.587 bits per heavy atom. The lowest BCUT2D eigenvalue weighted by Gasteiger charge is -2.29. The van der Waals surface area contributed by atoms with Crippen molar-refractivity contribution in [3.8, 4) is 22.3 Å². The van der Waals surface area contributed by atoms with Gasteiger partial charge in [0.1, 0.15) is 0 Å². The molecule has 0 aromatic heterocycles. The summed E-state index contributed by atoms with van der Waals surface area (Å²) < 4.78 is 0. The van der Waals surface area contributed by atoms with Crippen LogP contribution in [-0.2, 0) is 0 Å². The van der Waals surface area contributed by atoms with Gasteiger partial charge in [-0.05, 0) is 61.4 Å². The van der Waals surface area contributed by atoms with Crippen molar-refractivity contribution in [3.05, 3.63) is 133 Å². The molecular formula is C44H62N2. The van der Waals surface area contributed by atoms with E-state index in [0.717, 1.165) is 13.1 Å². The van der Waals surface area contributed by atoms with Crippen molar-refractivity contribution in [1.82, 2.24) is 0 Å². The lowest BCUT2D eigenvalue weighted by molar-refractivity contribution is 1.01. The van der Waals surface area contributed by atoms with Gasteiger partial charge in [0.2, 0.25) is 0 Å². The second kappa shape index (κ2) is 26.0. The van der Waals surface area contributed by atoms with Gasteiger partial charge < -0.3 is 9.80 Å². The third kappa shape index (κ3) is 11.6. The van der Waals surface area contributed by atoms with Crippen molar-refractivity contribution in [2.24, 2.45) is 0 Å². The number of nitrogens with zero attached hydrogens (tertiary/aromatic N) is 2. The number of rotatable bonds is 8. The molecule has 0 amide bonds. The quantitative estimate of drug-likeness (QED) is 0.171. The fraction of sp³-hybridized carbons (Fsp3) is 0.318. The average Bonchev–Trinajstić information content (AvgIpc) is 3.18. The second-order valence-electron chi connectivity index (χ2n) is 8.77. The molecule has 5 aromatic rings. The van der Waals surface area contributed by atoms with Gasteiger partial charge in [-0.25, -0.2) is 0 Å². The second-order valence-corrected chi connectivity index (χ2v) is 8.77. The van der Waals surface area contributed by atoms with E-state index < -0.39 is 0 Å². The molecule has 0 radical (unpaired) electrons. The monoisotopic (exact) mass is 618 g/mol. The Labute approximate surface area is 283 Å². The molecule has 0 saturated carbocycles. The summed E-state index contributed by atoms with van der Waals surface area (Å²) in [5.41, 5.74) is 9.79. The van der Waals surface area contributed by atoms with E-state index in [0.29, 0.717) is 0 Å². The smallest absolute Gasteiger partial charge is 0.0490 e. The van der Waals surface area contributed by atoms with Gasteiger partial charge in [-0.2, -0.15) is 0 Å². The van der Waals surface area contributed by atoms with E-state index in [1.165, 1.54) is 45.0 Å². The summed E-state index contributed by atoms with van der Waals surface area (Å²) in [6.45, 7) is 26.2. The topological polar surface area (TPSA) is 6.48 Å². The largest absolute Gasteiger partial charge is 0.341 e. The Balaban J connectivity index is 0.00000185. The van der Waals surface area contributed by atoms with Gasteiger partial charge in [-0.1, -0.05) is 166 Å². The molecule has 0 saturated heterocycles. The summed E-state index contributed by atoms with van der Waals surface area (Å²) in [7, 11) is 0. The highest BCUT2D eigenvalue weighted by atomic mass is 15.1. The van der Waals surface area contributed by atoms with Gasteiger partial charge in [-0.3, -0.25) is 0 Å². The summed E-state index contributed by atoms with van der Waals surface area (Å²) in [4.78, 5) is 4.78. The summed E-state index contributed by atoms with van der Waals surface area (Å²) in [5, 5.41) is 0. The van der Waals surface area contributed by atoms with Crippen molar-refractivity contribution < 1.29 is 0 Å². The summed E-state index contributed by atoms with van der Waals surface area (Å²) in [6, 6.07) is 47.6. The molecule has 0 spiro atoms. The lowest BCUT2D eigenvalue weighted by atomic mass is 10.0. The zero-order chi connectivity index (χ0) is 34.7. The summed E-state index contributed by atoms with van der Waals surface area (Å²) in [5.74, 6) is 0. The van der Waals surface area contributed by atoms with Crippen molar-refractivity contribution >= 4 is 22.7 Å². The molecule has 0 fully saturated rings. The minimum Gasteiger partial charge on any atom is -0.341 e. The van der Waals surface area contributed by atoms with Crippen LogP contribution in [0.3, 0.4) is 0 Å². The van der Waals surface area contributed by atoms with Gasteiger partial charge in [-0.15, -0.1) is 0 Å². The molecule has 2 heteroatoms. The molecule has 0 heterocycles. The van der Waals surface area contributed by atoms with E-state index in [4.69, 9.17) is 0 Å². The van der Waals surface area contributed by atoms with Crippen molar-refractivity contribution in [3.63, 3.8) is 0 Å². The molecule has 248 valence electrons.